The topological polar surface area (TPSA) is 74.8 Å². The molecule has 0 radical (unpaired) electrons. The number of methoxy groups -OCH3 is 1. The van der Waals surface area contributed by atoms with E-state index in [1.807, 2.05) is 61.5 Å². The highest BCUT2D eigenvalue weighted by molar-refractivity contribution is 9.10. The van der Waals surface area contributed by atoms with E-state index >= 15 is 0 Å². The minimum atomic E-state index is -0.784. The summed E-state index contributed by atoms with van der Waals surface area (Å²) < 4.78 is 16.7. The van der Waals surface area contributed by atoms with E-state index in [1.165, 1.54) is 11.3 Å². The molecule has 1 aliphatic rings. The van der Waals surface area contributed by atoms with Crippen LogP contribution in [-0.2, 0) is 9.53 Å². The molecule has 0 unspecified atom stereocenters. The summed E-state index contributed by atoms with van der Waals surface area (Å²) in [6.45, 7) is 7.86. The van der Waals surface area contributed by atoms with Gasteiger partial charge in [0.05, 0.1) is 29.5 Å². The average molecular weight is 657 g/mol. The van der Waals surface area contributed by atoms with Crippen LogP contribution in [0.15, 0.2) is 92.3 Å². The molecule has 0 spiro atoms. The second-order valence-corrected chi connectivity index (χ2v) is 12.3. The van der Waals surface area contributed by atoms with Crippen molar-refractivity contribution in [2.75, 3.05) is 13.7 Å². The first kappa shape index (κ1) is 28.9. The summed E-state index contributed by atoms with van der Waals surface area (Å²) in [5.74, 6) is 0.0730. The van der Waals surface area contributed by atoms with Gasteiger partial charge in [0.15, 0.2) is 4.80 Å². The fourth-order valence-corrected chi connectivity index (χ4v) is 7.16. The van der Waals surface area contributed by atoms with Crippen LogP contribution in [0.5, 0.6) is 5.75 Å². The predicted molar refractivity (Wildman–Crippen MR) is 174 cm³/mol. The number of hydrogen-bond donors (Lipinski definition) is 0. The number of aromatic nitrogens is 2. The third-order valence-corrected chi connectivity index (χ3v) is 9.29. The van der Waals surface area contributed by atoms with Crippen LogP contribution in [0.1, 0.15) is 42.4 Å². The van der Waals surface area contributed by atoms with E-state index in [4.69, 9.17) is 14.5 Å². The van der Waals surface area contributed by atoms with Crippen molar-refractivity contribution in [2.45, 2.75) is 33.7 Å². The number of aryl methyl sites for hydroxylation is 1. The van der Waals surface area contributed by atoms with Crippen LogP contribution >= 0.6 is 27.3 Å². The fraction of sp³-hybridized carbons (Fsp3) is 0.206. The molecule has 0 N–H and O–H groups in total. The van der Waals surface area contributed by atoms with Gasteiger partial charge in [-0.15, -0.1) is 0 Å². The highest BCUT2D eigenvalue weighted by atomic mass is 79.9. The summed E-state index contributed by atoms with van der Waals surface area (Å²) in [6, 6.07) is 21.2. The molecule has 1 aliphatic heterocycles. The van der Waals surface area contributed by atoms with E-state index in [-0.39, 0.29) is 12.2 Å². The number of allylic oxidation sites excluding steroid dienone is 1. The van der Waals surface area contributed by atoms with Crippen LogP contribution in [-0.4, -0.2) is 28.8 Å². The van der Waals surface area contributed by atoms with Crippen molar-refractivity contribution in [3.05, 3.63) is 125 Å². The van der Waals surface area contributed by atoms with Gasteiger partial charge in [0.25, 0.3) is 5.56 Å². The molecule has 0 amide bonds. The number of ether oxygens (including phenoxy) is 2. The molecule has 218 valence electrons. The first-order valence-electron chi connectivity index (χ1n) is 13.9. The van der Waals surface area contributed by atoms with Gasteiger partial charge in [-0.05, 0) is 86.5 Å². The number of thiazole rings is 1. The van der Waals surface area contributed by atoms with Gasteiger partial charge in [-0.25, -0.2) is 9.79 Å². The van der Waals surface area contributed by atoms with Crippen LogP contribution in [0.4, 0.5) is 0 Å². The first-order valence-corrected chi connectivity index (χ1v) is 15.5. The van der Waals surface area contributed by atoms with Crippen molar-refractivity contribution in [1.29, 1.82) is 0 Å². The van der Waals surface area contributed by atoms with Crippen LogP contribution in [0, 0.1) is 13.8 Å². The minimum absolute atomic E-state index is 0.202. The van der Waals surface area contributed by atoms with E-state index in [9.17, 15) is 9.59 Å². The van der Waals surface area contributed by atoms with Crippen LogP contribution in [0.2, 0.25) is 0 Å². The maximum absolute atomic E-state index is 14.3. The van der Waals surface area contributed by atoms with E-state index in [0.29, 0.717) is 26.4 Å². The van der Waals surface area contributed by atoms with Gasteiger partial charge < -0.3 is 14.0 Å². The molecule has 0 aliphatic carbocycles. The third kappa shape index (κ3) is 4.96. The number of nitrogens with zero attached hydrogens (tertiary/aromatic N) is 3. The molecular weight excluding hydrogens is 626 g/mol. The molecule has 0 fully saturated rings. The van der Waals surface area contributed by atoms with Crippen LogP contribution in [0.3, 0.4) is 0 Å². The number of carbonyl (C=O) groups excluding carboxylic acids is 1. The minimum Gasteiger partial charge on any atom is -0.496 e. The van der Waals surface area contributed by atoms with Crippen molar-refractivity contribution in [1.82, 2.24) is 9.13 Å². The Labute approximate surface area is 261 Å². The standard InChI is InChI=1S/C34H30BrN3O4S/c1-6-42-33(40)29-20(3)36-34-38(31(29)30-26-10-8-7-9-22(26)11-16-27(30)41-5)32(39)28(43-34)18-23-17-19(2)37(21(23)4)25-14-12-24(35)13-15-25/h7-18,31H,6H2,1-5H3/b28-18+/t31-/m1/s1. The van der Waals surface area contributed by atoms with Crippen LogP contribution < -0.4 is 19.6 Å². The second-order valence-electron chi connectivity index (χ2n) is 10.3. The second kappa shape index (κ2) is 11.5. The van der Waals surface area contributed by atoms with Crippen LogP contribution in [0.25, 0.3) is 22.5 Å². The molecule has 3 heterocycles. The van der Waals surface area contributed by atoms with Crippen molar-refractivity contribution in [2.24, 2.45) is 4.99 Å². The molecule has 3 aromatic carbocycles. The SMILES string of the molecule is CCOC(=O)C1=C(C)N=c2s/c(=C/c3cc(C)n(-c4ccc(Br)cc4)c3C)c(=O)n2[C@H]1c1c(OC)ccc2ccccc12. The van der Waals surface area contributed by atoms with E-state index < -0.39 is 12.0 Å². The van der Waals surface area contributed by atoms with Gasteiger partial charge in [0.1, 0.15) is 11.8 Å². The number of rotatable bonds is 6. The molecule has 0 saturated carbocycles. The monoisotopic (exact) mass is 655 g/mol. The van der Waals surface area contributed by atoms with Crippen molar-refractivity contribution >= 4 is 50.1 Å². The lowest BCUT2D eigenvalue weighted by molar-refractivity contribution is -0.139. The molecule has 2 aromatic heterocycles. The summed E-state index contributed by atoms with van der Waals surface area (Å²) >= 11 is 4.82. The highest BCUT2D eigenvalue weighted by Crippen LogP contribution is 2.40. The molecule has 1 atom stereocenters. The average Bonchev–Trinajstić information content (AvgIpc) is 3.45. The van der Waals surface area contributed by atoms with E-state index in [2.05, 4.69) is 45.6 Å². The Hall–Kier alpha value is -4.21. The normalized spacial score (nSPS) is 15.0. The zero-order valence-electron chi connectivity index (χ0n) is 24.5. The lowest BCUT2D eigenvalue weighted by Gasteiger charge is -2.27. The molecular formula is C34H30BrN3O4S. The van der Waals surface area contributed by atoms with Crippen molar-refractivity contribution in [3.63, 3.8) is 0 Å². The Kier molecular flexibility index (Phi) is 7.70. The molecule has 9 heteroatoms. The van der Waals surface area contributed by atoms with Gasteiger partial charge in [0.2, 0.25) is 0 Å². The number of benzene rings is 3. The van der Waals surface area contributed by atoms with Gasteiger partial charge >= 0.3 is 5.97 Å². The molecule has 0 bridgehead atoms. The zero-order chi connectivity index (χ0) is 30.4. The molecule has 6 rings (SSSR count). The van der Waals surface area contributed by atoms with Gasteiger partial charge in [-0.3, -0.25) is 9.36 Å². The van der Waals surface area contributed by atoms with E-state index in [1.54, 1.807) is 25.5 Å². The number of esters is 1. The third-order valence-electron chi connectivity index (χ3n) is 7.78. The Morgan fingerprint density at radius 1 is 1.07 bits per heavy atom. The van der Waals surface area contributed by atoms with Crippen molar-refractivity contribution < 1.29 is 14.3 Å². The summed E-state index contributed by atoms with van der Waals surface area (Å²) in [5.41, 5.74) is 5.37. The Bertz CT molecular complexity index is 2120. The number of hydrogen-bond acceptors (Lipinski definition) is 6. The zero-order valence-corrected chi connectivity index (χ0v) is 26.9. The number of fused-ring (bicyclic) bond motifs is 2. The molecule has 0 saturated heterocycles. The Morgan fingerprint density at radius 2 is 1.81 bits per heavy atom. The maximum atomic E-state index is 14.3. The lowest BCUT2D eigenvalue weighted by atomic mass is 9.90. The largest absolute Gasteiger partial charge is 0.496 e. The van der Waals surface area contributed by atoms with E-state index in [0.717, 1.165) is 43.4 Å². The van der Waals surface area contributed by atoms with Crippen molar-refractivity contribution in [3.8, 4) is 11.4 Å². The maximum Gasteiger partial charge on any atom is 0.338 e. The Morgan fingerprint density at radius 3 is 2.53 bits per heavy atom. The first-order chi connectivity index (χ1) is 20.7. The van der Waals surface area contributed by atoms with Gasteiger partial charge in [0, 0.05) is 27.1 Å². The summed E-state index contributed by atoms with van der Waals surface area (Å²) in [6.07, 6.45) is 1.92. The lowest BCUT2D eigenvalue weighted by Crippen LogP contribution is -2.40. The molecule has 43 heavy (non-hydrogen) atoms. The summed E-state index contributed by atoms with van der Waals surface area (Å²) in [4.78, 5) is 33.1. The predicted octanol–water partition coefficient (Wildman–Crippen LogP) is 6.13. The highest BCUT2D eigenvalue weighted by Gasteiger charge is 2.36. The van der Waals surface area contributed by atoms with Gasteiger partial charge in [-0.2, -0.15) is 0 Å². The quantitative estimate of drug-likeness (QED) is 0.206. The summed E-state index contributed by atoms with van der Waals surface area (Å²) in [7, 11) is 1.60. The Balaban J connectivity index is 1.60. The van der Waals surface area contributed by atoms with Gasteiger partial charge in [-0.1, -0.05) is 57.6 Å². The number of halogens is 1. The fourth-order valence-electron chi connectivity index (χ4n) is 5.86. The summed E-state index contributed by atoms with van der Waals surface area (Å²) in [5, 5.41) is 1.86. The smallest absolute Gasteiger partial charge is 0.338 e. The number of carbonyl (C=O) groups is 1. The molecule has 5 aromatic rings. The molecule has 7 nitrogen and oxygen atoms in total.